The van der Waals surface area contributed by atoms with Crippen molar-refractivity contribution in [1.29, 1.82) is 0 Å². The lowest BCUT2D eigenvalue weighted by Gasteiger charge is -2.30. The molecule has 0 N–H and O–H groups in total. The van der Waals surface area contributed by atoms with Gasteiger partial charge in [0.25, 0.3) is 0 Å². The summed E-state index contributed by atoms with van der Waals surface area (Å²) in [7, 11) is 5.97. The summed E-state index contributed by atoms with van der Waals surface area (Å²) in [5, 5.41) is 1.08. The zero-order valence-electron chi connectivity index (χ0n) is 17.2. The molecule has 4 rings (SSSR count). The van der Waals surface area contributed by atoms with Gasteiger partial charge >= 0.3 is 0 Å². The summed E-state index contributed by atoms with van der Waals surface area (Å²) in [5.41, 5.74) is 3.34. The van der Waals surface area contributed by atoms with Crippen LogP contribution in [0.1, 0.15) is 29.3 Å². The van der Waals surface area contributed by atoms with Crippen LogP contribution in [0.4, 0.5) is 5.69 Å². The number of rotatable bonds is 5. The van der Waals surface area contributed by atoms with E-state index in [1.807, 2.05) is 44.2 Å². The van der Waals surface area contributed by atoms with Crippen molar-refractivity contribution >= 4 is 33.1 Å². The van der Waals surface area contributed by atoms with Crippen molar-refractivity contribution in [3.8, 4) is 0 Å². The zero-order chi connectivity index (χ0) is 20.4. The molecule has 0 bridgehead atoms. The Morgan fingerprint density at radius 3 is 2.48 bits per heavy atom. The smallest absolute Gasteiger partial charge is 0.226 e. The van der Waals surface area contributed by atoms with Gasteiger partial charge in [-0.2, -0.15) is 0 Å². The molecule has 3 aromatic rings. The Morgan fingerprint density at radius 2 is 1.76 bits per heavy atom. The Kier molecular flexibility index (Phi) is 5.67. The number of nitrogens with zero attached hydrogens (tertiary/aromatic N) is 3. The lowest BCUT2D eigenvalue weighted by molar-refractivity contribution is -0.135. The minimum absolute atomic E-state index is 0.0494. The molecule has 0 fully saturated rings. The number of anilines is 1. The molecule has 2 unspecified atom stereocenters. The van der Waals surface area contributed by atoms with Crippen LogP contribution in [0, 0.1) is 5.92 Å². The molecule has 1 heterocycles. The highest BCUT2D eigenvalue weighted by atomic mass is 32.1. The highest BCUT2D eigenvalue weighted by molar-refractivity contribution is 7.18. The quantitative estimate of drug-likeness (QED) is 0.556. The fourth-order valence-electron chi connectivity index (χ4n) is 3.94. The first-order valence-corrected chi connectivity index (χ1v) is 10.9. The molecule has 0 saturated heterocycles. The molecule has 150 valence electrons. The summed E-state index contributed by atoms with van der Waals surface area (Å²) in [5.74, 6) is 0.311. The maximum Gasteiger partial charge on any atom is 0.226 e. The summed E-state index contributed by atoms with van der Waals surface area (Å²) in [6.07, 6.45) is 6.00. The first-order valence-electron chi connectivity index (χ1n) is 10.0. The average molecular weight is 406 g/mol. The summed E-state index contributed by atoms with van der Waals surface area (Å²) in [6.45, 7) is 0.624. The third-order valence-corrected chi connectivity index (χ3v) is 6.79. The van der Waals surface area contributed by atoms with Gasteiger partial charge in [0.15, 0.2) is 0 Å². The van der Waals surface area contributed by atoms with Crippen molar-refractivity contribution in [3.05, 3.63) is 71.3 Å². The minimum Gasteiger partial charge on any atom is -0.378 e. The highest BCUT2D eigenvalue weighted by Gasteiger charge is 2.34. The van der Waals surface area contributed by atoms with E-state index in [9.17, 15) is 4.79 Å². The van der Waals surface area contributed by atoms with Gasteiger partial charge in [-0.25, -0.2) is 4.98 Å². The number of benzene rings is 2. The van der Waals surface area contributed by atoms with Crippen molar-refractivity contribution in [2.24, 2.45) is 5.92 Å². The van der Waals surface area contributed by atoms with E-state index in [0.717, 1.165) is 34.6 Å². The number of aromatic nitrogens is 1. The third-order valence-electron chi connectivity index (χ3n) is 5.63. The van der Waals surface area contributed by atoms with Gasteiger partial charge < -0.3 is 9.80 Å². The fourth-order valence-corrected chi connectivity index (χ4v) is 5.09. The number of thiazole rings is 1. The molecule has 5 heteroatoms. The van der Waals surface area contributed by atoms with Gasteiger partial charge in [0.1, 0.15) is 0 Å². The van der Waals surface area contributed by atoms with Crippen LogP contribution in [0.2, 0.25) is 0 Å². The van der Waals surface area contributed by atoms with E-state index in [1.54, 1.807) is 11.3 Å². The van der Waals surface area contributed by atoms with Crippen LogP contribution < -0.4 is 4.90 Å². The Labute approximate surface area is 176 Å². The number of allylic oxidation sites excluding steroid dienone is 2. The van der Waals surface area contributed by atoms with Crippen LogP contribution in [0.25, 0.3) is 10.2 Å². The Hall–Kier alpha value is -2.66. The maximum atomic E-state index is 13.3. The summed E-state index contributed by atoms with van der Waals surface area (Å²) in [4.78, 5) is 22.1. The van der Waals surface area contributed by atoms with Crippen molar-refractivity contribution in [3.63, 3.8) is 0 Å². The molecular formula is C24H27N3OS. The van der Waals surface area contributed by atoms with Crippen LogP contribution in [0.3, 0.4) is 0 Å². The van der Waals surface area contributed by atoms with Crippen molar-refractivity contribution in [2.45, 2.75) is 25.3 Å². The van der Waals surface area contributed by atoms with E-state index in [2.05, 4.69) is 47.4 Å². The van der Waals surface area contributed by atoms with Crippen LogP contribution in [-0.2, 0) is 11.3 Å². The largest absolute Gasteiger partial charge is 0.378 e. The van der Waals surface area contributed by atoms with E-state index >= 15 is 0 Å². The van der Waals surface area contributed by atoms with E-state index in [-0.39, 0.29) is 17.7 Å². The maximum absolute atomic E-state index is 13.3. The van der Waals surface area contributed by atoms with Crippen LogP contribution in [-0.4, -0.2) is 36.9 Å². The predicted molar refractivity (Wildman–Crippen MR) is 121 cm³/mol. The second-order valence-corrected chi connectivity index (χ2v) is 8.99. The molecule has 1 aromatic heterocycles. The third kappa shape index (κ3) is 4.20. The molecule has 0 aliphatic heterocycles. The highest BCUT2D eigenvalue weighted by Crippen LogP contribution is 2.39. The van der Waals surface area contributed by atoms with Gasteiger partial charge in [0, 0.05) is 39.3 Å². The standard InChI is InChI=1S/C24H27N3OS/c1-26(2)18-14-12-17(13-15-18)16-27(3)24(28)20-9-5-4-8-19(20)23-25-21-10-6-7-11-22(21)29-23/h4-7,10-15,19-20H,8-9,16H2,1-3H3. The average Bonchev–Trinajstić information content (AvgIpc) is 3.17. The first-order chi connectivity index (χ1) is 14.0. The molecule has 2 aromatic carbocycles. The van der Waals surface area contributed by atoms with Gasteiger partial charge in [-0.3, -0.25) is 4.79 Å². The Balaban J connectivity index is 1.51. The number of hydrogen-bond acceptors (Lipinski definition) is 4. The van der Waals surface area contributed by atoms with E-state index in [0.29, 0.717) is 6.54 Å². The van der Waals surface area contributed by atoms with Crippen LogP contribution in [0.5, 0.6) is 0 Å². The normalized spacial score (nSPS) is 18.7. The monoisotopic (exact) mass is 405 g/mol. The molecule has 1 aliphatic rings. The molecule has 29 heavy (non-hydrogen) atoms. The lowest BCUT2D eigenvalue weighted by Crippen LogP contribution is -2.36. The van der Waals surface area contributed by atoms with Crippen LogP contribution in [0.15, 0.2) is 60.7 Å². The second kappa shape index (κ2) is 8.37. The Bertz CT molecular complexity index is 989. The number of hydrogen-bond donors (Lipinski definition) is 0. The van der Waals surface area contributed by atoms with Gasteiger partial charge in [0.05, 0.1) is 21.1 Å². The number of amides is 1. The molecule has 2 atom stereocenters. The van der Waals surface area contributed by atoms with Crippen molar-refractivity contribution in [1.82, 2.24) is 9.88 Å². The van der Waals surface area contributed by atoms with Crippen molar-refractivity contribution in [2.75, 3.05) is 26.0 Å². The number of carbonyl (C=O) groups is 1. The molecule has 0 radical (unpaired) electrons. The van der Waals surface area contributed by atoms with Crippen molar-refractivity contribution < 1.29 is 4.79 Å². The number of fused-ring (bicyclic) bond motifs is 1. The van der Waals surface area contributed by atoms with E-state index < -0.39 is 0 Å². The van der Waals surface area contributed by atoms with E-state index in [1.165, 1.54) is 4.70 Å². The summed E-state index contributed by atoms with van der Waals surface area (Å²) >= 11 is 1.72. The van der Waals surface area contributed by atoms with Gasteiger partial charge in [0.2, 0.25) is 5.91 Å². The molecule has 4 nitrogen and oxygen atoms in total. The van der Waals surface area contributed by atoms with Gasteiger partial charge in [-0.05, 0) is 42.7 Å². The summed E-state index contributed by atoms with van der Waals surface area (Å²) in [6, 6.07) is 16.6. The lowest BCUT2D eigenvalue weighted by atomic mass is 9.82. The molecular weight excluding hydrogens is 378 g/mol. The predicted octanol–water partition coefficient (Wildman–Crippen LogP) is 5.07. The summed E-state index contributed by atoms with van der Waals surface area (Å²) < 4.78 is 1.19. The Morgan fingerprint density at radius 1 is 1.03 bits per heavy atom. The topological polar surface area (TPSA) is 36.4 Å². The molecule has 1 aliphatic carbocycles. The van der Waals surface area contributed by atoms with Gasteiger partial charge in [-0.1, -0.05) is 36.4 Å². The molecule has 0 spiro atoms. The van der Waals surface area contributed by atoms with Gasteiger partial charge in [-0.15, -0.1) is 11.3 Å². The second-order valence-electron chi connectivity index (χ2n) is 7.93. The number of para-hydroxylation sites is 1. The molecule has 0 saturated carbocycles. The number of carbonyl (C=O) groups excluding carboxylic acids is 1. The SMILES string of the molecule is CN(Cc1ccc(N(C)C)cc1)C(=O)C1CC=CCC1c1nc2ccccc2s1. The first kappa shape index (κ1) is 19.6. The minimum atomic E-state index is -0.0494. The fraction of sp³-hybridized carbons (Fsp3) is 0.333. The zero-order valence-corrected chi connectivity index (χ0v) is 18.0. The van der Waals surface area contributed by atoms with Crippen LogP contribution >= 0.6 is 11.3 Å². The van der Waals surface area contributed by atoms with E-state index in [4.69, 9.17) is 4.98 Å². The molecule has 1 amide bonds.